The summed E-state index contributed by atoms with van der Waals surface area (Å²) >= 11 is 0. The van der Waals surface area contributed by atoms with Gasteiger partial charge >= 0.3 is 6.03 Å². The third-order valence-corrected chi connectivity index (χ3v) is 5.30. The number of nitrogens with one attached hydrogen (secondary N) is 1. The number of nitrogens with zero attached hydrogens (tertiary/aromatic N) is 2. The predicted octanol–water partition coefficient (Wildman–Crippen LogP) is 3.95. The molecule has 1 unspecified atom stereocenters. The normalized spacial score (nSPS) is 15.8. The molecule has 1 atom stereocenters. The van der Waals surface area contributed by atoms with Crippen molar-refractivity contribution in [2.24, 2.45) is 5.92 Å². The molecule has 1 aromatic carbocycles. The lowest BCUT2D eigenvalue weighted by molar-refractivity contribution is 0.173. The van der Waals surface area contributed by atoms with E-state index < -0.39 is 0 Å². The van der Waals surface area contributed by atoms with Crippen molar-refractivity contribution in [3.8, 4) is 5.75 Å². The van der Waals surface area contributed by atoms with Crippen LogP contribution in [0.2, 0.25) is 0 Å². The summed E-state index contributed by atoms with van der Waals surface area (Å²) in [4.78, 5) is 16.9. The lowest BCUT2D eigenvalue weighted by Crippen LogP contribution is -2.49. The van der Waals surface area contributed by atoms with Crippen LogP contribution < -0.4 is 5.32 Å². The van der Waals surface area contributed by atoms with Gasteiger partial charge in [0.05, 0.1) is 0 Å². The van der Waals surface area contributed by atoms with Gasteiger partial charge in [0.15, 0.2) is 0 Å². The number of carbonyl (C=O) groups is 1. The van der Waals surface area contributed by atoms with Crippen molar-refractivity contribution in [3.63, 3.8) is 0 Å². The Bertz CT molecular complexity index is 621. The van der Waals surface area contributed by atoms with E-state index >= 15 is 0 Å². The Morgan fingerprint density at radius 3 is 2.41 bits per heavy atom. The fourth-order valence-electron chi connectivity index (χ4n) is 3.75. The molecular formula is C22H35N3O2. The second-order valence-corrected chi connectivity index (χ2v) is 7.66. The van der Waals surface area contributed by atoms with E-state index in [1.807, 2.05) is 17.0 Å². The number of amides is 2. The van der Waals surface area contributed by atoms with Crippen molar-refractivity contribution in [2.75, 3.05) is 32.7 Å². The molecule has 0 bridgehead atoms. The summed E-state index contributed by atoms with van der Waals surface area (Å²) in [6.07, 6.45) is 4.04. The van der Waals surface area contributed by atoms with E-state index in [0.29, 0.717) is 25.0 Å². The minimum absolute atomic E-state index is 0.0249. The molecule has 0 saturated carbocycles. The zero-order chi connectivity index (χ0) is 19.8. The Morgan fingerprint density at radius 2 is 1.89 bits per heavy atom. The minimum Gasteiger partial charge on any atom is -0.508 e. The van der Waals surface area contributed by atoms with E-state index in [-0.39, 0.29) is 11.8 Å². The van der Waals surface area contributed by atoms with Crippen LogP contribution >= 0.6 is 0 Å². The van der Waals surface area contributed by atoms with Crippen LogP contribution in [0.15, 0.2) is 30.3 Å². The van der Waals surface area contributed by atoms with Crippen molar-refractivity contribution in [1.82, 2.24) is 15.1 Å². The summed E-state index contributed by atoms with van der Waals surface area (Å²) in [6, 6.07) is 7.68. The van der Waals surface area contributed by atoms with E-state index in [1.165, 1.54) is 5.57 Å². The highest BCUT2D eigenvalue weighted by Gasteiger charge is 2.21. The first-order valence-electron chi connectivity index (χ1n) is 10.2. The summed E-state index contributed by atoms with van der Waals surface area (Å²) in [5.74, 6) is 0.888. The largest absolute Gasteiger partial charge is 0.508 e. The lowest BCUT2D eigenvalue weighted by atomic mass is 9.99. The molecule has 5 nitrogen and oxygen atoms in total. The molecule has 1 aliphatic heterocycles. The van der Waals surface area contributed by atoms with Gasteiger partial charge in [-0.2, -0.15) is 0 Å². The zero-order valence-electron chi connectivity index (χ0n) is 17.2. The van der Waals surface area contributed by atoms with E-state index in [2.05, 4.69) is 44.0 Å². The van der Waals surface area contributed by atoms with Crippen LogP contribution in [-0.2, 0) is 0 Å². The molecule has 0 aromatic heterocycles. The molecule has 27 heavy (non-hydrogen) atoms. The molecule has 0 saturated heterocycles. The Kier molecular flexibility index (Phi) is 8.17. The molecule has 0 aliphatic carbocycles. The fraction of sp³-hybridized carbons (Fsp3) is 0.591. The van der Waals surface area contributed by atoms with Gasteiger partial charge in [-0.15, -0.1) is 0 Å². The molecular weight excluding hydrogens is 338 g/mol. The Hall–Kier alpha value is -2.01. The van der Waals surface area contributed by atoms with Gasteiger partial charge in [-0.25, -0.2) is 4.79 Å². The van der Waals surface area contributed by atoms with Gasteiger partial charge in [0.25, 0.3) is 0 Å². The SMILES string of the molecule is CCN(CC)C(CNC(=O)N1CC=C(c2ccc(O)cc2)CC1)CC(C)C. The molecule has 5 heteroatoms. The molecule has 150 valence electrons. The maximum atomic E-state index is 12.6. The first-order valence-corrected chi connectivity index (χ1v) is 10.2. The van der Waals surface area contributed by atoms with Crippen molar-refractivity contribution in [3.05, 3.63) is 35.9 Å². The molecule has 0 radical (unpaired) electrons. The highest BCUT2D eigenvalue weighted by molar-refractivity contribution is 5.76. The van der Waals surface area contributed by atoms with Crippen molar-refractivity contribution < 1.29 is 9.90 Å². The second kappa shape index (κ2) is 10.4. The van der Waals surface area contributed by atoms with Crippen LogP contribution in [0, 0.1) is 5.92 Å². The van der Waals surface area contributed by atoms with Gasteiger partial charge in [-0.3, -0.25) is 4.90 Å². The van der Waals surface area contributed by atoms with E-state index in [4.69, 9.17) is 0 Å². The van der Waals surface area contributed by atoms with Gasteiger partial charge in [0.1, 0.15) is 5.75 Å². The van der Waals surface area contributed by atoms with Gasteiger partial charge < -0.3 is 15.3 Å². The summed E-state index contributed by atoms with van der Waals surface area (Å²) in [5.41, 5.74) is 2.35. The number of carbonyl (C=O) groups excluding carboxylic acids is 1. The van der Waals surface area contributed by atoms with Gasteiger partial charge in [-0.05, 0) is 55.1 Å². The van der Waals surface area contributed by atoms with Crippen LogP contribution in [0.3, 0.4) is 0 Å². The summed E-state index contributed by atoms with van der Waals surface area (Å²) in [5, 5.41) is 12.6. The lowest BCUT2D eigenvalue weighted by Gasteiger charge is -2.33. The summed E-state index contributed by atoms with van der Waals surface area (Å²) in [6.45, 7) is 12.9. The zero-order valence-corrected chi connectivity index (χ0v) is 17.2. The first kappa shape index (κ1) is 21.3. The monoisotopic (exact) mass is 373 g/mol. The fourth-order valence-corrected chi connectivity index (χ4v) is 3.75. The second-order valence-electron chi connectivity index (χ2n) is 7.66. The maximum Gasteiger partial charge on any atom is 0.317 e. The molecule has 0 spiro atoms. The molecule has 1 aliphatic rings. The quantitative estimate of drug-likeness (QED) is 0.725. The molecule has 2 rings (SSSR count). The third-order valence-electron chi connectivity index (χ3n) is 5.30. The number of phenols is 1. The molecule has 1 aromatic rings. The van der Waals surface area contributed by atoms with Crippen LogP contribution in [0.4, 0.5) is 4.79 Å². The number of urea groups is 1. The third kappa shape index (κ3) is 6.28. The van der Waals surface area contributed by atoms with Gasteiger partial charge in [-0.1, -0.05) is 45.9 Å². The summed E-state index contributed by atoms with van der Waals surface area (Å²) in [7, 11) is 0. The van der Waals surface area contributed by atoms with E-state index in [1.54, 1.807) is 12.1 Å². The number of phenolic OH excluding ortho intramolecular Hbond substituents is 1. The molecule has 1 heterocycles. The van der Waals surface area contributed by atoms with Gasteiger partial charge in [0, 0.05) is 25.7 Å². The average Bonchev–Trinajstić information content (AvgIpc) is 2.67. The average molecular weight is 374 g/mol. The van der Waals surface area contributed by atoms with Crippen molar-refractivity contribution >= 4 is 11.6 Å². The van der Waals surface area contributed by atoms with Gasteiger partial charge in [0.2, 0.25) is 0 Å². The van der Waals surface area contributed by atoms with E-state index in [9.17, 15) is 9.90 Å². The van der Waals surface area contributed by atoms with Crippen LogP contribution in [0.25, 0.3) is 5.57 Å². The minimum atomic E-state index is 0.0249. The number of benzene rings is 1. The Balaban J connectivity index is 1.89. The highest BCUT2D eigenvalue weighted by Crippen LogP contribution is 2.24. The van der Waals surface area contributed by atoms with Crippen LogP contribution in [-0.4, -0.2) is 59.7 Å². The summed E-state index contributed by atoms with van der Waals surface area (Å²) < 4.78 is 0. The van der Waals surface area contributed by atoms with E-state index in [0.717, 1.165) is 38.0 Å². The molecule has 2 amide bonds. The standard InChI is InChI=1S/C22H35N3O2/c1-5-24(6-2)20(15-17(3)4)16-23-22(27)25-13-11-19(12-14-25)18-7-9-21(26)10-8-18/h7-11,17,20,26H,5-6,12-16H2,1-4H3,(H,23,27). The smallest absolute Gasteiger partial charge is 0.317 e. The predicted molar refractivity (Wildman–Crippen MR) is 112 cm³/mol. The number of rotatable bonds is 8. The Morgan fingerprint density at radius 1 is 1.22 bits per heavy atom. The first-order chi connectivity index (χ1) is 12.9. The Labute approximate surface area is 164 Å². The number of likely N-dealkylation sites (N-methyl/N-ethyl adjacent to an activating group) is 1. The molecule has 0 fully saturated rings. The van der Waals surface area contributed by atoms with Crippen LogP contribution in [0.1, 0.15) is 46.1 Å². The maximum absolute atomic E-state index is 12.6. The van der Waals surface area contributed by atoms with Crippen LogP contribution in [0.5, 0.6) is 5.75 Å². The van der Waals surface area contributed by atoms with Crippen molar-refractivity contribution in [2.45, 2.75) is 46.6 Å². The number of hydrogen-bond donors (Lipinski definition) is 2. The van der Waals surface area contributed by atoms with Crippen molar-refractivity contribution in [1.29, 1.82) is 0 Å². The number of aromatic hydroxyl groups is 1. The number of hydrogen-bond acceptors (Lipinski definition) is 3. The highest BCUT2D eigenvalue weighted by atomic mass is 16.3. The molecule has 2 N–H and O–H groups in total. The topological polar surface area (TPSA) is 55.8 Å².